The molecule has 1 aromatic heterocycles. The second-order valence-corrected chi connectivity index (χ2v) is 7.98. The van der Waals surface area contributed by atoms with Gasteiger partial charge in [-0.1, -0.05) is 0 Å². The normalized spacial score (nSPS) is 23.0. The minimum Gasteiger partial charge on any atom is -0.493 e. The number of carbonyl (C=O) groups is 4. The Kier molecular flexibility index (Phi) is 8.71. The van der Waals surface area contributed by atoms with Gasteiger partial charge in [-0.2, -0.15) is 0 Å². The molecule has 0 amide bonds. The zero-order valence-corrected chi connectivity index (χ0v) is 20.7. The maximum Gasteiger partial charge on any atom is 0.336 e. The Bertz CT molecular complexity index is 1230. The average molecular weight is 522 g/mol. The molecule has 0 saturated carbocycles. The molecule has 0 N–H and O–H groups in total. The molecule has 13 nitrogen and oxygen atoms in total. The van der Waals surface area contributed by atoms with Crippen LogP contribution < -0.4 is 15.1 Å². The minimum atomic E-state index is -1.48. The fraction of sp³-hybridized carbons (Fsp3) is 0.458. The Morgan fingerprint density at radius 1 is 0.811 bits per heavy atom. The van der Waals surface area contributed by atoms with Crippen molar-refractivity contribution in [1.29, 1.82) is 0 Å². The van der Waals surface area contributed by atoms with Crippen molar-refractivity contribution in [3.63, 3.8) is 0 Å². The number of fused-ring (bicyclic) bond motifs is 1. The van der Waals surface area contributed by atoms with Crippen LogP contribution in [0.1, 0.15) is 27.7 Å². The molecule has 1 saturated heterocycles. The summed E-state index contributed by atoms with van der Waals surface area (Å²) in [7, 11) is 1.38. The molecule has 0 spiro atoms. The first-order chi connectivity index (χ1) is 17.5. The summed E-state index contributed by atoms with van der Waals surface area (Å²) in [6.45, 7) is 4.08. The van der Waals surface area contributed by atoms with Gasteiger partial charge in [0.1, 0.15) is 18.3 Å². The predicted molar refractivity (Wildman–Crippen MR) is 122 cm³/mol. The van der Waals surface area contributed by atoms with E-state index in [0.29, 0.717) is 5.39 Å². The number of hydrogen-bond acceptors (Lipinski definition) is 13. The van der Waals surface area contributed by atoms with Crippen LogP contribution in [0.2, 0.25) is 0 Å². The summed E-state index contributed by atoms with van der Waals surface area (Å²) in [5.41, 5.74) is -0.440. The second kappa shape index (κ2) is 11.7. The van der Waals surface area contributed by atoms with E-state index in [4.69, 9.17) is 37.6 Å². The standard InChI is InChI=1S/C24H26O13/c1-11(25)31-10-19-21(32-12(2)26)22(33-13(3)27)23(34-14(4)28)24(37-19)36-18-9-16-15(8-17(18)30-5)6-7-20(29)35-16/h6-9,19,21-24H,10H2,1-5H3/t19-,21-,22+,23-,24-/m1/s1. The summed E-state index contributed by atoms with van der Waals surface area (Å²) in [5.74, 6) is -2.75. The van der Waals surface area contributed by atoms with E-state index in [-0.39, 0.29) is 17.1 Å². The van der Waals surface area contributed by atoms with E-state index in [9.17, 15) is 24.0 Å². The van der Waals surface area contributed by atoms with Crippen molar-refractivity contribution in [2.45, 2.75) is 58.4 Å². The SMILES string of the molecule is COc1cc2ccc(=O)oc2cc1O[C@@H]1O[C@H](COC(C)=O)[C@@H](OC(C)=O)[C@H](OC(C)=O)[C@H]1OC(C)=O. The lowest BCUT2D eigenvalue weighted by atomic mass is 9.98. The topological polar surface area (TPSA) is 163 Å². The van der Waals surface area contributed by atoms with E-state index in [2.05, 4.69) is 0 Å². The molecule has 0 unspecified atom stereocenters. The first kappa shape index (κ1) is 27.5. The summed E-state index contributed by atoms with van der Waals surface area (Å²) in [5, 5.41) is 0.533. The van der Waals surface area contributed by atoms with Crippen molar-refractivity contribution in [2.75, 3.05) is 13.7 Å². The maximum atomic E-state index is 12.0. The van der Waals surface area contributed by atoms with E-state index in [1.807, 2.05) is 0 Å². The number of esters is 4. The number of ether oxygens (including phenoxy) is 7. The minimum absolute atomic E-state index is 0.0187. The Labute approximate surface area is 210 Å². The quantitative estimate of drug-likeness (QED) is 0.277. The number of benzene rings is 1. The van der Waals surface area contributed by atoms with E-state index >= 15 is 0 Å². The Morgan fingerprint density at radius 3 is 2.03 bits per heavy atom. The Hall–Kier alpha value is -4.13. The van der Waals surface area contributed by atoms with Crippen LogP contribution in [0, 0.1) is 0 Å². The van der Waals surface area contributed by atoms with E-state index in [0.717, 1.165) is 27.7 Å². The fourth-order valence-corrected chi connectivity index (χ4v) is 3.74. The van der Waals surface area contributed by atoms with Gasteiger partial charge in [0.15, 0.2) is 23.7 Å². The number of hydrogen-bond donors (Lipinski definition) is 0. The molecule has 0 radical (unpaired) electrons. The zero-order valence-electron chi connectivity index (χ0n) is 20.7. The third-order valence-electron chi connectivity index (χ3n) is 5.10. The molecular formula is C24H26O13. The van der Waals surface area contributed by atoms with Gasteiger partial charge in [0.2, 0.25) is 12.4 Å². The molecule has 0 bridgehead atoms. The molecule has 1 aliphatic heterocycles. The first-order valence-corrected chi connectivity index (χ1v) is 11.1. The summed E-state index contributed by atoms with van der Waals surface area (Å²) in [4.78, 5) is 59.0. The first-order valence-electron chi connectivity index (χ1n) is 11.1. The molecule has 0 aliphatic carbocycles. The fourth-order valence-electron chi connectivity index (χ4n) is 3.74. The molecule has 13 heteroatoms. The van der Waals surface area contributed by atoms with Crippen LogP contribution in [-0.2, 0) is 42.9 Å². The Balaban J connectivity index is 2.08. The predicted octanol–water partition coefficient (Wildman–Crippen LogP) is 1.26. The molecule has 5 atom stereocenters. The van der Waals surface area contributed by atoms with Crippen LogP contribution in [0.3, 0.4) is 0 Å². The molecule has 2 aromatic rings. The summed E-state index contributed by atoms with van der Waals surface area (Å²) in [6, 6.07) is 5.67. The average Bonchev–Trinajstić information content (AvgIpc) is 2.80. The van der Waals surface area contributed by atoms with Crippen LogP contribution >= 0.6 is 0 Å². The van der Waals surface area contributed by atoms with Gasteiger partial charge in [-0.3, -0.25) is 19.2 Å². The lowest BCUT2D eigenvalue weighted by molar-refractivity contribution is -0.288. The van der Waals surface area contributed by atoms with Crippen molar-refractivity contribution < 1.29 is 56.8 Å². The largest absolute Gasteiger partial charge is 0.493 e. The maximum absolute atomic E-state index is 12.0. The number of methoxy groups -OCH3 is 1. The molecular weight excluding hydrogens is 496 g/mol. The highest BCUT2D eigenvalue weighted by molar-refractivity contribution is 5.80. The monoisotopic (exact) mass is 522 g/mol. The Morgan fingerprint density at radius 2 is 1.43 bits per heavy atom. The van der Waals surface area contributed by atoms with Crippen molar-refractivity contribution >= 4 is 34.8 Å². The van der Waals surface area contributed by atoms with E-state index in [1.54, 1.807) is 6.07 Å². The van der Waals surface area contributed by atoms with Crippen LogP contribution in [0.4, 0.5) is 0 Å². The zero-order chi connectivity index (χ0) is 27.3. The van der Waals surface area contributed by atoms with E-state index in [1.165, 1.54) is 25.3 Å². The van der Waals surface area contributed by atoms with Crippen LogP contribution in [-0.4, -0.2) is 68.3 Å². The van der Waals surface area contributed by atoms with Gasteiger partial charge in [-0.05, 0) is 12.1 Å². The third kappa shape index (κ3) is 6.97. The molecule has 37 heavy (non-hydrogen) atoms. The van der Waals surface area contributed by atoms with Crippen LogP contribution in [0.25, 0.3) is 11.0 Å². The molecule has 200 valence electrons. The lowest BCUT2D eigenvalue weighted by Crippen LogP contribution is -2.63. The van der Waals surface area contributed by atoms with Gasteiger partial charge in [0.05, 0.1) is 7.11 Å². The van der Waals surface area contributed by atoms with Crippen molar-refractivity contribution in [3.8, 4) is 11.5 Å². The summed E-state index contributed by atoms with van der Waals surface area (Å²) < 4.78 is 43.6. The second-order valence-electron chi connectivity index (χ2n) is 7.98. The molecule has 3 rings (SSSR count). The summed E-state index contributed by atoms with van der Waals surface area (Å²) in [6.07, 6.45) is -6.86. The van der Waals surface area contributed by atoms with Gasteiger partial charge in [-0.15, -0.1) is 0 Å². The van der Waals surface area contributed by atoms with Crippen LogP contribution in [0.15, 0.2) is 33.5 Å². The van der Waals surface area contributed by atoms with Gasteiger partial charge < -0.3 is 37.6 Å². The number of carbonyl (C=O) groups excluding carboxylic acids is 4. The van der Waals surface area contributed by atoms with Gasteiger partial charge >= 0.3 is 29.5 Å². The molecule has 1 aliphatic rings. The smallest absolute Gasteiger partial charge is 0.336 e. The van der Waals surface area contributed by atoms with Gasteiger partial charge in [-0.25, -0.2) is 4.79 Å². The highest BCUT2D eigenvalue weighted by Gasteiger charge is 2.53. The van der Waals surface area contributed by atoms with E-state index < -0.39 is 66.8 Å². The van der Waals surface area contributed by atoms with Crippen molar-refractivity contribution in [2.24, 2.45) is 0 Å². The van der Waals surface area contributed by atoms with Crippen molar-refractivity contribution in [3.05, 3.63) is 34.7 Å². The van der Waals surface area contributed by atoms with Crippen LogP contribution in [0.5, 0.6) is 11.5 Å². The highest BCUT2D eigenvalue weighted by Crippen LogP contribution is 2.36. The lowest BCUT2D eigenvalue weighted by Gasteiger charge is -2.43. The summed E-state index contributed by atoms with van der Waals surface area (Å²) >= 11 is 0. The third-order valence-corrected chi connectivity index (χ3v) is 5.10. The molecule has 2 heterocycles. The number of rotatable bonds is 8. The highest BCUT2D eigenvalue weighted by atomic mass is 16.7. The molecule has 1 aromatic carbocycles. The van der Waals surface area contributed by atoms with Gasteiger partial charge in [0.25, 0.3) is 0 Å². The molecule has 1 fully saturated rings. The van der Waals surface area contributed by atoms with Crippen molar-refractivity contribution in [1.82, 2.24) is 0 Å². The van der Waals surface area contributed by atoms with Gasteiger partial charge in [0, 0.05) is 45.2 Å².